The molecule has 0 aromatic heterocycles. The summed E-state index contributed by atoms with van der Waals surface area (Å²) in [6, 6.07) is 3.55. The average Bonchev–Trinajstić information content (AvgIpc) is 2.59. The first-order valence-electron chi connectivity index (χ1n) is 7.97. The summed E-state index contributed by atoms with van der Waals surface area (Å²) in [6.07, 6.45) is 2.29. The number of phenolic OH excluding ortho intramolecular Hbond substituents is 1. The van der Waals surface area contributed by atoms with Crippen LogP contribution in [0.4, 0.5) is 0 Å². The maximum Gasteiger partial charge on any atom is 0.200 e. The van der Waals surface area contributed by atoms with E-state index in [0.29, 0.717) is 24.0 Å². The lowest BCUT2D eigenvalue weighted by atomic mass is 10.0. The molecule has 130 valence electrons. The number of hydrogen-bond donors (Lipinski definition) is 3. The lowest BCUT2D eigenvalue weighted by Crippen LogP contribution is -2.39. The molecule has 0 fully saturated rings. The number of hydrogen-bond acceptors (Lipinski definition) is 4. The number of rotatable bonds is 8. The van der Waals surface area contributed by atoms with Gasteiger partial charge < -0.3 is 25.2 Å². The quantitative estimate of drug-likeness (QED) is 0.506. The van der Waals surface area contributed by atoms with E-state index in [-0.39, 0.29) is 5.75 Å². The fourth-order valence-corrected chi connectivity index (χ4v) is 2.27. The third-order valence-electron chi connectivity index (χ3n) is 3.94. The molecule has 0 saturated heterocycles. The monoisotopic (exact) mass is 323 g/mol. The highest BCUT2D eigenvalue weighted by atomic mass is 16.5. The first kappa shape index (κ1) is 18.9. The van der Waals surface area contributed by atoms with Gasteiger partial charge in [-0.05, 0) is 23.6 Å². The molecule has 6 nitrogen and oxygen atoms in total. The van der Waals surface area contributed by atoms with Gasteiger partial charge in [-0.25, -0.2) is 0 Å². The molecular weight excluding hydrogens is 294 g/mol. The molecule has 0 radical (unpaired) electrons. The van der Waals surface area contributed by atoms with Gasteiger partial charge in [-0.15, -0.1) is 0 Å². The minimum Gasteiger partial charge on any atom is -0.502 e. The molecule has 3 N–H and O–H groups in total. The van der Waals surface area contributed by atoms with E-state index < -0.39 is 0 Å². The van der Waals surface area contributed by atoms with Crippen molar-refractivity contribution in [3.8, 4) is 17.2 Å². The Morgan fingerprint density at radius 3 is 2.13 bits per heavy atom. The van der Waals surface area contributed by atoms with Gasteiger partial charge in [0.25, 0.3) is 0 Å². The van der Waals surface area contributed by atoms with Crippen molar-refractivity contribution >= 4 is 5.96 Å². The summed E-state index contributed by atoms with van der Waals surface area (Å²) in [6.45, 7) is 5.84. The fourth-order valence-electron chi connectivity index (χ4n) is 2.27. The zero-order chi connectivity index (χ0) is 17.2. The minimum atomic E-state index is 0.00925. The molecule has 0 heterocycles. The van der Waals surface area contributed by atoms with Crippen molar-refractivity contribution in [2.75, 3.05) is 27.8 Å². The molecular formula is C17H29N3O3. The Bertz CT molecular complexity index is 489. The predicted octanol–water partition coefficient (Wildman–Crippen LogP) is 2.51. The molecule has 23 heavy (non-hydrogen) atoms. The Labute approximate surface area is 138 Å². The van der Waals surface area contributed by atoms with Gasteiger partial charge in [0.15, 0.2) is 17.5 Å². The maximum atomic E-state index is 9.93. The summed E-state index contributed by atoms with van der Waals surface area (Å²) < 4.78 is 10.3. The summed E-state index contributed by atoms with van der Waals surface area (Å²) in [4.78, 5) is 4.23. The molecule has 0 unspecified atom stereocenters. The SMILES string of the molecule is CCC(CC)CNC(=NC)NCc1cc(OC)c(O)c(OC)c1. The largest absolute Gasteiger partial charge is 0.502 e. The zero-order valence-corrected chi connectivity index (χ0v) is 14.8. The van der Waals surface area contributed by atoms with E-state index in [0.717, 1.165) is 30.9 Å². The number of aliphatic imine (C=N–C) groups is 1. The van der Waals surface area contributed by atoms with E-state index in [9.17, 15) is 5.11 Å². The fraction of sp³-hybridized carbons (Fsp3) is 0.588. The number of nitrogens with zero attached hydrogens (tertiary/aromatic N) is 1. The van der Waals surface area contributed by atoms with Crippen LogP contribution >= 0.6 is 0 Å². The van der Waals surface area contributed by atoms with Gasteiger partial charge in [-0.2, -0.15) is 0 Å². The second-order valence-corrected chi connectivity index (χ2v) is 5.34. The highest BCUT2D eigenvalue weighted by Crippen LogP contribution is 2.36. The van der Waals surface area contributed by atoms with E-state index in [1.807, 2.05) is 0 Å². The molecule has 0 spiro atoms. The van der Waals surface area contributed by atoms with Crippen LogP contribution in [-0.4, -0.2) is 38.9 Å². The van der Waals surface area contributed by atoms with Gasteiger partial charge in [0.2, 0.25) is 5.75 Å². The van der Waals surface area contributed by atoms with Crippen LogP contribution in [0.15, 0.2) is 17.1 Å². The normalized spacial score (nSPS) is 11.5. The Kier molecular flexibility index (Phi) is 8.08. The van der Waals surface area contributed by atoms with E-state index >= 15 is 0 Å². The number of nitrogens with one attached hydrogen (secondary N) is 2. The van der Waals surface area contributed by atoms with E-state index in [1.54, 1.807) is 19.2 Å². The predicted molar refractivity (Wildman–Crippen MR) is 93.5 cm³/mol. The summed E-state index contributed by atoms with van der Waals surface area (Å²) in [5.74, 6) is 2.18. The van der Waals surface area contributed by atoms with Gasteiger partial charge in [-0.3, -0.25) is 4.99 Å². The smallest absolute Gasteiger partial charge is 0.200 e. The first-order valence-corrected chi connectivity index (χ1v) is 7.97. The maximum absolute atomic E-state index is 9.93. The molecule has 0 aliphatic carbocycles. The standard InChI is InChI=1S/C17H29N3O3/c1-6-12(7-2)10-19-17(18-3)20-11-13-8-14(22-4)16(21)15(9-13)23-5/h8-9,12,21H,6-7,10-11H2,1-5H3,(H2,18,19,20). The third kappa shape index (κ3) is 5.54. The zero-order valence-electron chi connectivity index (χ0n) is 14.8. The number of aromatic hydroxyl groups is 1. The van der Waals surface area contributed by atoms with Crippen molar-refractivity contribution in [3.63, 3.8) is 0 Å². The van der Waals surface area contributed by atoms with Gasteiger partial charge in [0.1, 0.15) is 0 Å². The van der Waals surface area contributed by atoms with Crippen LogP contribution < -0.4 is 20.1 Å². The van der Waals surface area contributed by atoms with Crippen molar-refractivity contribution in [2.45, 2.75) is 33.2 Å². The second kappa shape index (κ2) is 9.82. The van der Waals surface area contributed by atoms with Crippen LogP contribution in [0.2, 0.25) is 0 Å². The molecule has 0 bridgehead atoms. The highest BCUT2D eigenvalue weighted by molar-refractivity contribution is 5.79. The summed E-state index contributed by atoms with van der Waals surface area (Å²) in [7, 11) is 4.78. The van der Waals surface area contributed by atoms with Crippen molar-refractivity contribution in [1.82, 2.24) is 10.6 Å². The molecule has 0 atom stereocenters. The molecule has 1 rings (SSSR count). The molecule has 0 saturated carbocycles. The van der Waals surface area contributed by atoms with Crippen molar-refractivity contribution < 1.29 is 14.6 Å². The van der Waals surface area contributed by atoms with Gasteiger partial charge >= 0.3 is 0 Å². The number of benzene rings is 1. The lowest BCUT2D eigenvalue weighted by molar-refractivity contribution is 0.339. The third-order valence-corrected chi connectivity index (χ3v) is 3.94. The van der Waals surface area contributed by atoms with Crippen LogP contribution in [-0.2, 0) is 6.54 Å². The molecule has 0 amide bonds. The van der Waals surface area contributed by atoms with Gasteiger partial charge in [0.05, 0.1) is 14.2 Å². The number of phenols is 1. The highest BCUT2D eigenvalue weighted by Gasteiger charge is 2.11. The minimum absolute atomic E-state index is 0.00925. The summed E-state index contributed by atoms with van der Waals surface area (Å²) in [5, 5.41) is 16.5. The summed E-state index contributed by atoms with van der Waals surface area (Å²) in [5.41, 5.74) is 0.932. The van der Waals surface area contributed by atoms with Crippen LogP contribution in [0.25, 0.3) is 0 Å². The van der Waals surface area contributed by atoms with E-state index in [2.05, 4.69) is 29.5 Å². The molecule has 1 aromatic carbocycles. The average molecular weight is 323 g/mol. The summed E-state index contributed by atoms with van der Waals surface area (Å²) >= 11 is 0. The Morgan fingerprint density at radius 2 is 1.70 bits per heavy atom. The molecule has 6 heteroatoms. The number of guanidine groups is 1. The molecule has 0 aliphatic heterocycles. The van der Waals surface area contributed by atoms with Gasteiger partial charge in [-0.1, -0.05) is 26.7 Å². The topological polar surface area (TPSA) is 75.1 Å². The first-order chi connectivity index (χ1) is 11.1. The van der Waals surface area contributed by atoms with Crippen molar-refractivity contribution in [3.05, 3.63) is 17.7 Å². The van der Waals surface area contributed by atoms with Crippen LogP contribution in [0.3, 0.4) is 0 Å². The van der Waals surface area contributed by atoms with Crippen molar-refractivity contribution in [1.29, 1.82) is 0 Å². The Hall–Kier alpha value is -2.11. The van der Waals surface area contributed by atoms with E-state index in [4.69, 9.17) is 9.47 Å². The van der Waals surface area contributed by atoms with Crippen molar-refractivity contribution in [2.24, 2.45) is 10.9 Å². The number of ether oxygens (including phenoxy) is 2. The number of methoxy groups -OCH3 is 2. The van der Waals surface area contributed by atoms with Crippen LogP contribution in [0.1, 0.15) is 32.3 Å². The van der Waals surface area contributed by atoms with Crippen LogP contribution in [0.5, 0.6) is 17.2 Å². The molecule has 0 aliphatic rings. The van der Waals surface area contributed by atoms with Gasteiger partial charge in [0, 0.05) is 20.1 Å². The van der Waals surface area contributed by atoms with Crippen LogP contribution in [0, 0.1) is 5.92 Å². The lowest BCUT2D eigenvalue weighted by Gasteiger charge is -2.17. The van der Waals surface area contributed by atoms with E-state index in [1.165, 1.54) is 14.2 Å². The Balaban J connectivity index is 2.68. The second-order valence-electron chi connectivity index (χ2n) is 5.34. The molecule has 1 aromatic rings. The Morgan fingerprint density at radius 1 is 1.13 bits per heavy atom.